The van der Waals surface area contributed by atoms with Crippen molar-refractivity contribution in [3.63, 3.8) is 0 Å². The summed E-state index contributed by atoms with van der Waals surface area (Å²) in [6.45, 7) is 21.8. The highest BCUT2D eigenvalue weighted by atomic mass is 32.2. The maximum absolute atomic E-state index is 12.4. The van der Waals surface area contributed by atoms with Gasteiger partial charge in [-0.3, -0.25) is 14.2 Å². The number of ether oxygens (including phenoxy) is 3. The van der Waals surface area contributed by atoms with E-state index in [1.807, 2.05) is 123 Å². The van der Waals surface area contributed by atoms with E-state index in [1.165, 1.54) is 4.31 Å². The second kappa shape index (κ2) is 31.3. The number of fused-ring (bicyclic) bond motifs is 2. The quantitative estimate of drug-likeness (QED) is 0.0723. The Morgan fingerprint density at radius 1 is 0.506 bits per heavy atom. The molecule has 6 aliphatic heterocycles. The summed E-state index contributed by atoms with van der Waals surface area (Å²) in [4.78, 5) is 51.6. The van der Waals surface area contributed by atoms with Crippen LogP contribution in [0.4, 0.5) is 59.9 Å². The number of carbonyl (C=O) groups excluding carboxylic acids is 4. The van der Waals surface area contributed by atoms with E-state index in [-0.39, 0.29) is 36.1 Å². The predicted molar refractivity (Wildman–Crippen MR) is 350 cm³/mol. The van der Waals surface area contributed by atoms with Gasteiger partial charge in [-0.05, 0) is 162 Å². The molecule has 0 aromatic heterocycles. The predicted octanol–water partition coefficient (Wildman–Crippen LogP) is 7.14. The third-order valence-corrected chi connectivity index (χ3v) is 16.8. The standard InChI is InChI=1S/C16H23N3O4S.C16H25N3O2.C11H15N3O2S.C10H17NO3.C6H8N2.H4N2O2S/c1-16(2,3)23-15(20)18-10-8-12(9-11-18)19-14-7-5-4-6-13(14)17-24(19,21)22;1-16(2,3)21-15(20)19-10-8-12(9-11-19)18-14-7-5-4-6-13(14)17;15-17(16)13-10-3-1-2-4-11(10)14(17)9-5-7-12-8-6-9;1-10(2,3)14-9(13)11-6-4-8(12)5-7-11;7-5-3-1-2-4-6(5)8;1-5(2,3)4/h4-7,12,17H,8-11H2,1-3H3;4-7,12,18H,8-11,17H2,1-3H3;1-4,9,12-13H,5-8H2;4-7H2,1-3H3;1-4H,7-8H2;(H4,1,2,3,4). The lowest BCUT2D eigenvalue weighted by atomic mass is 10.0. The van der Waals surface area contributed by atoms with Crippen molar-refractivity contribution >= 4 is 100 Å². The first kappa shape index (κ1) is 72.2. The molecular weight excluding hydrogens is 1210 g/mol. The van der Waals surface area contributed by atoms with Crippen molar-refractivity contribution in [2.24, 2.45) is 10.3 Å². The lowest BCUT2D eigenvalue weighted by Gasteiger charge is -2.36. The van der Waals surface area contributed by atoms with Crippen molar-refractivity contribution < 1.29 is 58.6 Å². The fourth-order valence-corrected chi connectivity index (χ4v) is 12.9. The van der Waals surface area contributed by atoms with Crippen molar-refractivity contribution in [2.45, 2.75) is 149 Å². The van der Waals surface area contributed by atoms with Gasteiger partial charge in [0.15, 0.2) is 0 Å². The monoisotopic (exact) mass is 1300 g/mol. The molecule has 27 nitrogen and oxygen atoms in total. The van der Waals surface area contributed by atoms with Crippen LogP contribution in [0.5, 0.6) is 0 Å². The Labute approximate surface area is 525 Å². The van der Waals surface area contributed by atoms with Gasteiger partial charge < -0.3 is 56.7 Å². The maximum atomic E-state index is 12.4. The third kappa shape index (κ3) is 24.1. The Morgan fingerprint density at radius 2 is 0.831 bits per heavy atom. The van der Waals surface area contributed by atoms with Crippen LogP contribution in [0.3, 0.4) is 0 Å². The number of amides is 3. The molecule has 0 radical (unpaired) electrons. The molecule has 6 heterocycles. The number of nitrogen functional groups attached to an aromatic ring is 3. The first-order chi connectivity index (χ1) is 41.4. The fourth-order valence-electron chi connectivity index (χ4n) is 9.73. The van der Waals surface area contributed by atoms with Crippen LogP contribution in [0.25, 0.3) is 0 Å². The summed E-state index contributed by atoms with van der Waals surface area (Å²) in [7, 11) is -10.6. The average molecular weight is 1300 g/mol. The molecule has 89 heavy (non-hydrogen) atoms. The number of anilines is 8. The Hall–Kier alpha value is -7.51. The molecule has 0 atom stereocenters. The van der Waals surface area contributed by atoms with E-state index in [1.54, 1.807) is 55.4 Å². The number of nitrogens with two attached hydrogens (primary N) is 5. The largest absolute Gasteiger partial charge is 0.444 e. The molecule has 3 amide bonds. The van der Waals surface area contributed by atoms with Gasteiger partial charge in [0.2, 0.25) is 0 Å². The first-order valence-corrected chi connectivity index (χ1v) is 33.9. The van der Waals surface area contributed by atoms with E-state index < -0.39 is 47.4 Å². The third-order valence-electron chi connectivity index (χ3n) is 13.8. The van der Waals surface area contributed by atoms with Gasteiger partial charge in [0, 0.05) is 64.2 Å². The minimum Gasteiger partial charge on any atom is -0.444 e. The lowest BCUT2D eigenvalue weighted by Crippen LogP contribution is -2.49. The summed E-state index contributed by atoms with van der Waals surface area (Å²) in [6, 6.07) is 29.8. The van der Waals surface area contributed by atoms with Crippen LogP contribution in [0.15, 0.2) is 97.1 Å². The smallest absolute Gasteiger partial charge is 0.410 e. The Morgan fingerprint density at radius 3 is 1.20 bits per heavy atom. The number of piperidine rings is 4. The number of rotatable bonds is 4. The molecule has 4 fully saturated rings. The summed E-state index contributed by atoms with van der Waals surface area (Å²) in [6.07, 6.45) is 4.70. The summed E-state index contributed by atoms with van der Waals surface area (Å²) >= 11 is 0. The zero-order chi connectivity index (χ0) is 66.1. The zero-order valence-electron chi connectivity index (χ0n) is 52.4. The van der Waals surface area contributed by atoms with Crippen molar-refractivity contribution in [2.75, 3.05) is 92.9 Å². The Kier molecular flexibility index (Phi) is 25.4. The summed E-state index contributed by atoms with van der Waals surface area (Å²) < 4.78 is 91.6. The molecule has 6 aliphatic rings. The van der Waals surface area contributed by atoms with Crippen LogP contribution in [-0.4, -0.2) is 151 Å². The molecule has 10 rings (SSSR count). The summed E-state index contributed by atoms with van der Waals surface area (Å²) in [5.74, 6) is 0.227. The van der Waals surface area contributed by atoms with Crippen molar-refractivity contribution in [1.29, 1.82) is 0 Å². The van der Waals surface area contributed by atoms with Gasteiger partial charge in [0.05, 0.1) is 51.5 Å². The van der Waals surface area contributed by atoms with Crippen molar-refractivity contribution in [3.8, 4) is 0 Å². The SMILES string of the molecule is CC(C)(C)OC(=O)N1CCC(=O)CC1.CC(C)(C)OC(=O)N1CCC(N2c3ccccc3NS2(=O)=O)CC1.CC(C)(C)OC(=O)N1CCC(Nc2ccccc2N)CC1.NS(N)(=O)=O.Nc1ccccc1N.O=S1(=O)Nc2ccccc2N1C1CCNCC1. The number of nitrogens with zero attached hydrogens (tertiary/aromatic N) is 5. The number of para-hydroxylation sites is 8. The highest BCUT2D eigenvalue weighted by molar-refractivity contribution is 7.95. The number of nitrogens with one attached hydrogen (secondary N) is 4. The van der Waals surface area contributed by atoms with Gasteiger partial charge in [-0.1, -0.05) is 48.5 Å². The molecule has 4 aromatic carbocycles. The zero-order valence-corrected chi connectivity index (χ0v) is 54.9. The van der Waals surface area contributed by atoms with Gasteiger partial charge in [-0.25, -0.2) is 33.3 Å². The number of carbonyl (C=O) groups is 4. The highest BCUT2D eigenvalue weighted by Crippen LogP contribution is 2.40. The molecule has 4 saturated heterocycles. The Balaban J connectivity index is 0.000000205. The number of hydrogen-bond acceptors (Lipinski definition) is 18. The number of hydrogen-bond donors (Lipinski definition) is 9. The molecular formula is C59H92N14O13S3. The van der Waals surface area contributed by atoms with Gasteiger partial charge >= 0.3 is 38.7 Å². The first-order valence-electron chi connectivity index (χ1n) is 29.4. The molecule has 30 heteroatoms. The van der Waals surface area contributed by atoms with Crippen molar-refractivity contribution in [1.82, 2.24) is 20.0 Å². The molecule has 0 spiro atoms. The Bertz CT molecular complexity index is 3320. The molecule has 0 aliphatic carbocycles. The summed E-state index contributed by atoms with van der Waals surface area (Å²) in [5.41, 5.74) is 21.0. The van der Waals surface area contributed by atoms with Crippen molar-refractivity contribution in [3.05, 3.63) is 97.1 Å². The van der Waals surface area contributed by atoms with Crippen LogP contribution in [0.2, 0.25) is 0 Å². The molecule has 494 valence electrons. The van der Waals surface area contributed by atoms with E-state index in [9.17, 15) is 44.4 Å². The molecule has 0 unspecified atom stereocenters. The number of ketones is 1. The van der Waals surface area contributed by atoms with E-state index in [0.29, 0.717) is 99.4 Å². The molecule has 0 saturated carbocycles. The van der Waals surface area contributed by atoms with Crippen LogP contribution < -0.4 is 56.2 Å². The summed E-state index contributed by atoms with van der Waals surface area (Å²) in [5, 5.41) is 14.9. The van der Waals surface area contributed by atoms with Gasteiger partial charge in [0.1, 0.15) is 22.6 Å². The van der Waals surface area contributed by atoms with Crippen LogP contribution >= 0.6 is 0 Å². The average Bonchev–Trinajstić information content (AvgIpc) is 1.72. The van der Waals surface area contributed by atoms with Gasteiger partial charge in [0.25, 0.3) is 10.2 Å². The van der Waals surface area contributed by atoms with E-state index in [2.05, 4.69) is 30.4 Å². The molecule has 4 aromatic rings. The topological polar surface area (TPSA) is 393 Å². The van der Waals surface area contributed by atoms with Crippen LogP contribution in [0.1, 0.15) is 114 Å². The van der Waals surface area contributed by atoms with E-state index >= 15 is 0 Å². The van der Waals surface area contributed by atoms with Gasteiger partial charge in [-0.15, -0.1) is 0 Å². The minimum atomic E-state index is -3.67. The van der Waals surface area contributed by atoms with Crippen LogP contribution in [0, 0.1) is 0 Å². The van der Waals surface area contributed by atoms with Crippen LogP contribution in [-0.2, 0) is 49.6 Å². The number of benzene rings is 4. The highest BCUT2D eigenvalue weighted by Gasteiger charge is 2.41. The van der Waals surface area contributed by atoms with E-state index in [0.717, 1.165) is 55.8 Å². The second-order valence-electron chi connectivity index (χ2n) is 24.7. The second-order valence-corrected chi connectivity index (χ2v) is 29.0. The lowest BCUT2D eigenvalue weighted by molar-refractivity contribution is -0.121. The molecule has 14 N–H and O–H groups in total. The van der Waals surface area contributed by atoms with E-state index in [4.69, 9.17) is 31.4 Å². The number of Topliss-reactive ketones (excluding diaryl/α,β-unsaturated/α-hetero) is 1. The molecule has 0 bridgehead atoms. The van der Waals surface area contributed by atoms with Gasteiger partial charge in [-0.2, -0.15) is 25.3 Å². The minimum absolute atomic E-state index is 0.0670. The normalized spacial score (nSPS) is 18.2. The fraction of sp³-hybridized carbons (Fsp3) is 0.525. The maximum Gasteiger partial charge on any atom is 0.410 e. The number of likely N-dealkylation sites (tertiary alicyclic amines) is 3.